The maximum absolute atomic E-state index is 6.84. The number of fused-ring (bicyclic) bond motifs is 10. The average molecular weight is 612 g/mol. The predicted octanol–water partition coefficient (Wildman–Crippen LogP) is 13.3. The van der Waals surface area contributed by atoms with Gasteiger partial charge in [0, 0.05) is 38.8 Å². The molecule has 1 heterocycles. The minimum Gasteiger partial charge on any atom is -0.455 e. The van der Waals surface area contributed by atoms with E-state index in [2.05, 4.69) is 181 Å². The maximum Gasteiger partial charge on any atom is 0.143 e. The lowest BCUT2D eigenvalue weighted by molar-refractivity contribution is 0.674. The summed E-state index contributed by atoms with van der Waals surface area (Å²) >= 11 is 0. The van der Waals surface area contributed by atoms with Gasteiger partial charge in [-0.1, -0.05) is 133 Å². The van der Waals surface area contributed by atoms with E-state index in [4.69, 9.17) is 4.42 Å². The van der Waals surface area contributed by atoms with Crippen molar-refractivity contribution in [3.05, 3.63) is 176 Å². The van der Waals surface area contributed by atoms with Crippen LogP contribution in [-0.2, 0) is 0 Å². The molecular weight excluding hydrogens is 583 g/mol. The van der Waals surface area contributed by atoms with Crippen LogP contribution in [0.3, 0.4) is 0 Å². The molecule has 0 aliphatic rings. The van der Waals surface area contributed by atoms with Crippen LogP contribution in [0.15, 0.2) is 180 Å². The van der Waals surface area contributed by atoms with Crippen LogP contribution < -0.4 is 4.90 Å². The van der Waals surface area contributed by atoms with E-state index in [1.54, 1.807) is 0 Å². The monoisotopic (exact) mass is 611 g/mol. The normalized spacial score (nSPS) is 11.8. The van der Waals surface area contributed by atoms with Gasteiger partial charge in [-0.25, -0.2) is 0 Å². The Kier molecular flexibility index (Phi) is 5.91. The van der Waals surface area contributed by atoms with E-state index in [1.165, 1.54) is 43.1 Å². The average Bonchev–Trinajstić information content (AvgIpc) is 3.55. The largest absolute Gasteiger partial charge is 0.455 e. The lowest BCUT2D eigenvalue weighted by Crippen LogP contribution is -2.09. The minimum atomic E-state index is 0.919. The molecule has 10 rings (SSSR count). The first-order chi connectivity index (χ1) is 23.8. The molecule has 48 heavy (non-hydrogen) atoms. The van der Waals surface area contributed by atoms with Gasteiger partial charge in [0.25, 0.3) is 0 Å². The van der Waals surface area contributed by atoms with Crippen LogP contribution in [0, 0.1) is 0 Å². The van der Waals surface area contributed by atoms with Gasteiger partial charge >= 0.3 is 0 Å². The van der Waals surface area contributed by atoms with Crippen molar-refractivity contribution in [3.8, 4) is 11.1 Å². The fourth-order valence-electron chi connectivity index (χ4n) is 7.52. The van der Waals surface area contributed by atoms with Crippen LogP contribution in [0.4, 0.5) is 17.1 Å². The van der Waals surface area contributed by atoms with Crippen LogP contribution in [0.1, 0.15) is 0 Å². The summed E-state index contributed by atoms with van der Waals surface area (Å²) in [6.07, 6.45) is 0. The quantitative estimate of drug-likeness (QED) is 0.184. The standard InChI is InChI=1S/C46H29NO/c1-2-11-35(12-3-1)47(37-26-28-39-34(29-37)20-18-30-9-4-6-13-38(30)39)36-24-21-32(22-25-36)41-15-8-16-42-43-27-23-33-19-17-31-10-5-7-14-40(31)44(33)46(43)48-45(41)42/h1-29H. The van der Waals surface area contributed by atoms with Crippen LogP contribution in [0.2, 0.25) is 0 Å². The summed E-state index contributed by atoms with van der Waals surface area (Å²) in [5.41, 5.74) is 7.41. The number of para-hydroxylation sites is 2. The lowest BCUT2D eigenvalue weighted by Gasteiger charge is -2.26. The Morgan fingerprint density at radius 2 is 0.896 bits per heavy atom. The number of anilines is 3. The van der Waals surface area contributed by atoms with Crippen molar-refractivity contribution < 1.29 is 4.42 Å². The molecule has 0 unspecified atom stereocenters. The molecule has 0 bridgehead atoms. The summed E-state index contributed by atoms with van der Waals surface area (Å²) in [5, 5.41) is 12.1. The summed E-state index contributed by atoms with van der Waals surface area (Å²) in [7, 11) is 0. The molecule has 9 aromatic carbocycles. The molecule has 0 fully saturated rings. The highest BCUT2D eigenvalue weighted by molar-refractivity contribution is 6.24. The first kappa shape index (κ1) is 26.8. The molecule has 0 atom stereocenters. The van der Waals surface area contributed by atoms with Gasteiger partial charge in [0.05, 0.1) is 0 Å². The van der Waals surface area contributed by atoms with E-state index < -0.39 is 0 Å². The third-order valence-electron chi connectivity index (χ3n) is 9.81. The van der Waals surface area contributed by atoms with Gasteiger partial charge in [0.2, 0.25) is 0 Å². The number of rotatable bonds is 4. The van der Waals surface area contributed by atoms with Crippen molar-refractivity contribution in [2.24, 2.45) is 0 Å². The second-order valence-corrected chi connectivity index (χ2v) is 12.5. The smallest absolute Gasteiger partial charge is 0.143 e. The Bertz CT molecular complexity index is 2830. The molecule has 0 radical (unpaired) electrons. The Balaban J connectivity index is 1.11. The van der Waals surface area contributed by atoms with Gasteiger partial charge in [-0.2, -0.15) is 0 Å². The van der Waals surface area contributed by atoms with E-state index in [0.717, 1.165) is 50.1 Å². The van der Waals surface area contributed by atoms with Crippen molar-refractivity contribution in [2.45, 2.75) is 0 Å². The van der Waals surface area contributed by atoms with E-state index >= 15 is 0 Å². The molecule has 0 saturated heterocycles. The van der Waals surface area contributed by atoms with Crippen molar-refractivity contribution in [3.63, 3.8) is 0 Å². The zero-order valence-corrected chi connectivity index (χ0v) is 26.1. The van der Waals surface area contributed by atoms with Crippen LogP contribution >= 0.6 is 0 Å². The highest BCUT2D eigenvalue weighted by atomic mass is 16.3. The molecule has 224 valence electrons. The highest BCUT2D eigenvalue weighted by Gasteiger charge is 2.17. The summed E-state index contributed by atoms with van der Waals surface area (Å²) < 4.78 is 6.84. The van der Waals surface area contributed by atoms with Crippen LogP contribution in [0.5, 0.6) is 0 Å². The summed E-state index contributed by atoms with van der Waals surface area (Å²) in [4.78, 5) is 2.33. The minimum absolute atomic E-state index is 0.919. The molecule has 0 aliphatic carbocycles. The molecule has 2 nitrogen and oxygen atoms in total. The number of hydrogen-bond acceptors (Lipinski definition) is 2. The summed E-state index contributed by atoms with van der Waals surface area (Å²) in [6, 6.07) is 63.2. The summed E-state index contributed by atoms with van der Waals surface area (Å²) in [5.74, 6) is 0. The molecule has 0 aliphatic heterocycles. The highest BCUT2D eigenvalue weighted by Crippen LogP contribution is 2.42. The number of hydrogen-bond donors (Lipinski definition) is 0. The third kappa shape index (κ3) is 4.13. The first-order valence-corrected chi connectivity index (χ1v) is 16.4. The number of furan rings is 1. The van der Waals surface area contributed by atoms with Crippen molar-refractivity contribution in [1.29, 1.82) is 0 Å². The van der Waals surface area contributed by atoms with Crippen molar-refractivity contribution in [2.75, 3.05) is 4.90 Å². The van der Waals surface area contributed by atoms with Gasteiger partial charge < -0.3 is 9.32 Å². The SMILES string of the molecule is c1ccc(N(c2ccc(-c3cccc4c3oc3c4ccc4ccc5ccccc5c43)cc2)c2ccc3c(ccc4ccccc43)c2)cc1. The molecule has 0 spiro atoms. The fraction of sp³-hybridized carbons (Fsp3) is 0. The first-order valence-electron chi connectivity index (χ1n) is 16.4. The molecule has 10 aromatic rings. The number of nitrogens with zero attached hydrogens (tertiary/aromatic N) is 1. The molecular formula is C46H29NO. The molecule has 1 aromatic heterocycles. The Hall–Kier alpha value is -6.38. The Morgan fingerprint density at radius 1 is 0.333 bits per heavy atom. The zero-order valence-electron chi connectivity index (χ0n) is 26.1. The Morgan fingerprint density at radius 3 is 1.73 bits per heavy atom. The van der Waals surface area contributed by atoms with Crippen molar-refractivity contribution in [1.82, 2.24) is 0 Å². The molecule has 0 saturated carbocycles. The van der Waals surface area contributed by atoms with Gasteiger partial charge in [-0.05, 0) is 85.7 Å². The van der Waals surface area contributed by atoms with E-state index in [0.29, 0.717) is 0 Å². The topological polar surface area (TPSA) is 16.4 Å². The van der Waals surface area contributed by atoms with Crippen LogP contribution in [-0.4, -0.2) is 0 Å². The van der Waals surface area contributed by atoms with Crippen molar-refractivity contribution >= 4 is 82.1 Å². The number of benzene rings is 9. The second kappa shape index (κ2) is 10.6. The van der Waals surface area contributed by atoms with Gasteiger partial charge in [-0.15, -0.1) is 0 Å². The predicted molar refractivity (Wildman–Crippen MR) is 204 cm³/mol. The second-order valence-electron chi connectivity index (χ2n) is 12.5. The van der Waals surface area contributed by atoms with E-state index in [1.807, 2.05) is 0 Å². The van der Waals surface area contributed by atoms with E-state index in [9.17, 15) is 0 Å². The summed E-state index contributed by atoms with van der Waals surface area (Å²) in [6.45, 7) is 0. The fourth-order valence-corrected chi connectivity index (χ4v) is 7.52. The Labute approximate surface area is 277 Å². The van der Waals surface area contributed by atoms with Gasteiger partial charge in [-0.3, -0.25) is 0 Å². The lowest BCUT2D eigenvalue weighted by atomic mass is 9.98. The van der Waals surface area contributed by atoms with E-state index in [-0.39, 0.29) is 0 Å². The zero-order chi connectivity index (χ0) is 31.6. The van der Waals surface area contributed by atoms with Gasteiger partial charge in [0.1, 0.15) is 11.2 Å². The third-order valence-corrected chi connectivity index (χ3v) is 9.81. The molecule has 0 amide bonds. The molecule has 0 N–H and O–H groups in total. The molecule has 2 heteroatoms. The van der Waals surface area contributed by atoms with Gasteiger partial charge in [0.15, 0.2) is 0 Å². The maximum atomic E-state index is 6.84. The van der Waals surface area contributed by atoms with Crippen LogP contribution in [0.25, 0.3) is 76.2 Å².